The number of carbonyl (C=O) groups is 2. The van der Waals surface area contributed by atoms with E-state index in [1.807, 2.05) is 0 Å². The minimum absolute atomic E-state index is 0.299. The maximum Gasteiger partial charge on any atom is 0.460 e. The average Bonchev–Trinajstić information content (AvgIpc) is 3.15. The van der Waals surface area contributed by atoms with Crippen molar-refractivity contribution in [1.82, 2.24) is 0 Å². The van der Waals surface area contributed by atoms with Gasteiger partial charge in [0.2, 0.25) is 0 Å². The van der Waals surface area contributed by atoms with Gasteiger partial charge in [0.15, 0.2) is 6.61 Å². The van der Waals surface area contributed by atoms with Crippen LogP contribution in [0.4, 0.5) is 84.7 Å². The van der Waals surface area contributed by atoms with Gasteiger partial charge in [0, 0.05) is 0 Å². The predicted molar refractivity (Wildman–Crippen MR) is 110 cm³/mol. The number of amides is 2. The fourth-order valence-corrected chi connectivity index (χ4v) is 3.60. The number of carbonyl (C=O) groups excluding carboxylic acids is 2. The molecule has 0 fully saturated rings. The van der Waals surface area contributed by atoms with Crippen LogP contribution in [0.15, 0.2) is 42.5 Å². The molecule has 1 heterocycles. The van der Waals surface area contributed by atoms with Gasteiger partial charge in [-0.3, -0.25) is 9.59 Å². The van der Waals surface area contributed by atoms with Gasteiger partial charge >= 0.3 is 47.6 Å². The highest BCUT2D eigenvalue weighted by atomic mass is 19.4. The molecule has 0 spiro atoms. The van der Waals surface area contributed by atoms with Gasteiger partial charge in [-0.05, 0) is 42.5 Å². The van der Waals surface area contributed by atoms with E-state index in [1.54, 1.807) is 0 Å². The SMILES string of the molecule is O=C1c2ccc(F)cc2C(=O)N1c1ccc(OCC(F)(F)C(F)(F)C(F)(F)C(F)(F)C(F)(F)C(F)(F)C(F)(F)C(F)(F)F)cc1. The molecule has 45 heavy (non-hydrogen) atoms. The summed E-state index contributed by atoms with van der Waals surface area (Å²) in [4.78, 5) is 25.2. The standard InChI is InChI=1S/C23H9F18NO3/c24-9-1-6-12-13(7-9)15(44)42(14(12)43)10-2-4-11(5-3-10)45-8-16(25,26)17(27,28)18(29,30)19(31,32)20(33,34)21(35,36)22(37,38)23(39,40)41/h1-7H,8H2. The first-order valence-electron chi connectivity index (χ1n) is 11.1. The van der Waals surface area contributed by atoms with Crippen LogP contribution in [0.2, 0.25) is 0 Å². The molecule has 0 aromatic heterocycles. The van der Waals surface area contributed by atoms with E-state index in [-0.39, 0.29) is 5.56 Å². The van der Waals surface area contributed by atoms with Gasteiger partial charge in [0.25, 0.3) is 11.8 Å². The van der Waals surface area contributed by atoms with Crippen molar-refractivity contribution in [2.24, 2.45) is 0 Å². The summed E-state index contributed by atoms with van der Waals surface area (Å²) in [6.45, 7) is -3.17. The highest BCUT2D eigenvalue weighted by molar-refractivity contribution is 6.34. The van der Waals surface area contributed by atoms with Crippen LogP contribution >= 0.6 is 0 Å². The number of halogens is 18. The van der Waals surface area contributed by atoms with Crippen LogP contribution in [0, 0.1) is 5.82 Å². The zero-order valence-electron chi connectivity index (χ0n) is 20.7. The van der Waals surface area contributed by atoms with Crippen molar-refractivity contribution in [2.75, 3.05) is 11.5 Å². The van der Waals surface area contributed by atoms with Gasteiger partial charge < -0.3 is 4.74 Å². The molecule has 0 unspecified atom stereocenters. The molecule has 2 amide bonds. The van der Waals surface area contributed by atoms with E-state index in [0.717, 1.165) is 12.1 Å². The van der Waals surface area contributed by atoms with Crippen LogP contribution in [0.5, 0.6) is 5.75 Å². The van der Waals surface area contributed by atoms with Crippen LogP contribution in [0.3, 0.4) is 0 Å². The van der Waals surface area contributed by atoms with E-state index in [0.29, 0.717) is 35.2 Å². The van der Waals surface area contributed by atoms with E-state index in [4.69, 9.17) is 0 Å². The highest BCUT2D eigenvalue weighted by Gasteiger charge is 2.95. The topological polar surface area (TPSA) is 46.6 Å². The van der Waals surface area contributed by atoms with E-state index in [1.165, 1.54) is 0 Å². The van der Waals surface area contributed by atoms with Crippen LogP contribution in [0.1, 0.15) is 20.7 Å². The van der Waals surface area contributed by atoms with Gasteiger partial charge in [-0.2, -0.15) is 74.6 Å². The second-order valence-electron chi connectivity index (χ2n) is 9.07. The average molecular weight is 689 g/mol. The van der Waals surface area contributed by atoms with E-state index in [2.05, 4.69) is 4.74 Å². The number of nitrogens with zero attached hydrogens (tertiary/aromatic N) is 1. The van der Waals surface area contributed by atoms with Crippen molar-refractivity contribution < 1.29 is 93.4 Å². The second-order valence-corrected chi connectivity index (χ2v) is 9.07. The fraction of sp³-hybridized carbons (Fsp3) is 0.391. The Hall–Kier alpha value is -3.88. The van der Waals surface area contributed by atoms with Gasteiger partial charge in [-0.1, -0.05) is 0 Å². The molecule has 0 saturated carbocycles. The molecule has 0 atom stereocenters. The van der Waals surface area contributed by atoms with E-state index >= 15 is 0 Å². The number of benzene rings is 2. The number of anilines is 1. The van der Waals surface area contributed by atoms with Crippen molar-refractivity contribution in [3.05, 3.63) is 59.4 Å². The molecule has 1 aliphatic rings. The van der Waals surface area contributed by atoms with E-state index in [9.17, 15) is 88.6 Å². The first-order chi connectivity index (χ1) is 20.0. The summed E-state index contributed by atoms with van der Waals surface area (Å²) in [5, 5.41) is 0. The summed E-state index contributed by atoms with van der Waals surface area (Å²) in [5.41, 5.74) is -1.15. The molecule has 0 radical (unpaired) electrons. The normalized spacial score (nSPS) is 15.9. The lowest BCUT2D eigenvalue weighted by atomic mass is 9.89. The molecule has 250 valence electrons. The molecular formula is C23H9F18NO3. The van der Waals surface area contributed by atoms with Crippen LogP contribution in [-0.2, 0) is 0 Å². The number of fused-ring (bicyclic) bond motifs is 1. The number of hydrogen-bond donors (Lipinski definition) is 0. The third-order valence-corrected chi connectivity index (χ3v) is 6.15. The van der Waals surface area contributed by atoms with Crippen molar-refractivity contribution in [1.29, 1.82) is 0 Å². The fourth-order valence-electron chi connectivity index (χ4n) is 3.60. The summed E-state index contributed by atoms with van der Waals surface area (Å²) in [6.07, 6.45) is -7.85. The van der Waals surface area contributed by atoms with Gasteiger partial charge in [0.1, 0.15) is 11.6 Å². The Bertz CT molecular complexity index is 1480. The first kappa shape index (κ1) is 35.6. The Morgan fingerprint density at radius 3 is 1.42 bits per heavy atom. The van der Waals surface area contributed by atoms with Crippen molar-refractivity contribution in [3.8, 4) is 5.75 Å². The van der Waals surface area contributed by atoms with Crippen molar-refractivity contribution in [2.45, 2.75) is 47.6 Å². The van der Waals surface area contributed by atoms with Gasteiger partial charge in [-0.15, -0.1) is 0 Å². The summed E-state index contributed by atoms with van der Waals surface area (Å²) in [7, 11) is 0. The Balaban J connectivity index is 1.85. The van der Waals surface area contributed by atoms with Crippen molar-refractivity contribution >= 4 is 17.5 Å². The molecule has 1 aliphatic heterocycles. The summed E-state index contributed by atoms with van der Waals surface area (Å²) in [5.74, 6) is -61.6. The molecule has 0 N–H and O–H groups in total. The van der Waals surface area contributed by atoms with Crippen LogP contribution in [0.25, 0.3) is 0 Å². The highest BCUT2D eigenvalue weighted by Crippen LogP contribution is 2.64. The zero-order chi connectivity index (χ0) is 35.0. The maximum absolute atomic E-state index is 14.1. The van der Waals surface area contributed by atoms with Crippen LogP contribution in [-0.4, -0.2) is 66.1 Å². The molecule has 3 rings (SSSR count). The maximum atomic E-state index is 14.1. The predicted octanol–water partition coefficient (Wildman–Crippen LogP) is 8.01. The monoisotopic (exact) mass is 689 g/mol. The third-order valence-electron chi connectivity index (χ3n) is 6.15. The number of imide groups is 1. The second kappa shape index (κ2) is 10.3. The largest absolute Gasteiger partial charge is 0.487 e. The first-order valence-corrected chi connectivity index (χ1v) is 11.1. The Morgan fingerprint density at radius 1 is 0.533 bits per heavy atom. The van der Waals surface area contributed by atoms with E-state index < -0.39 is 88.9 Å². The minimum Gasteiger partial charge on any atom is -0.487 e. The lowest BCUT2D eigenvalue weighted by molar-refractivity contribution is -0.462. The molecular weight excluding hydrogens is 680 g/mol. The molecule has 0 aliphatic carbocycles. The quantitative estimate of drug-likeness (QED) is 0.188. The summed E-state index contributed by atoms with van der Waals surface area (Å²) >= 11 is 0. The molecule has 2 aromatic carbocycles. The van der Waals surface area contributed by atoms with Crippen molar-refractivity contribution in [3.63, 3.8) is 0 Å². The Morgan fingerprint density at radius 2 is 0.956 bits per heavy atom. The van der Waals surface area contributed by atoms with Gasteiger partial charge in [-0.25, -0.2) is 9.29 Å². The lowest BCUT2D eigenvalue weighted by Crippen LogP contribution is -2.74. The summed E-state index contributed by atoms with van der Waals surface area (Å²) in [6, 6.07) is 4.66. The summed E-state index contributed by atoms with van der Waals surface area (Å²) < 4.78 is 245. The molecule has 2 aromatic rings. The van der Waals surface area contributed by atoms with Crippen LogP contribution < -0.4 is 9.64 Å². The zero-order valence-corrected chi connectivity index (χ0v) is 20.7. The number of alkyl halides is 17. The minimum atomic E-state index is -8.74. The number of ether oxygens (including phenoxy) is 1. The number of rotatable bonds is 10. The number of hydrogen-bond acceptors (Lipinski definition) is 3. The lowest BCUT2D eigenvalue weighted by Gasteiger charge is -2.42. The molecule has 22 heteroatoms. The Kier molecular flexibility index (Phi) is 8.17. The third kappa shape index (κ3) is 4.99. The molecule has 4 nitrogen and oxygen atoms in total. The van der Waals surface area contributed by atoms with Gasteiger partial charge in [0.05, 0.1) is 16.8 Å². The molecule has 0 bridgehead atoms. The smallest absolute Gasteiger partial charge is 0.460 e. The molecule has 0 saturated heterocycles. The Labute approximate surface area is 236 Å².